The summed E-state index contributed by atoms with van der Waals surface area (Å²) in [4.78, 5) is 12.3. The van der Waals surface area contributed by atoms with Gasteiger partial charge in [0.1, 0.15) is 6.29 Å². The van der Waals surface area contributed by atoms with Crippen molar-refractivity contribution in [1.82, 2.24) is 16.0 Å². The second kappa shape index (κ2) is 7.38. The lowest BCUT2D eigenvalue weighted by Gasteiger charge is -2.37. The summed E-state index contributed by atoms with van der Waals surface area (Å²) >= 11 is 6.24. The number of anilines is 1. The Bertz CT molecular complexity index is 721. The van der Waals surface area contributed by atoms with Gasteiger partial charge in [-0.05, 0) is 35.2 Å². The fraction of sp³-hybridized carbons (Fsp3) is 0.389. The van der Waals surface area contributed by atoms with Crippen LogP contribution in [-0.2, 0) is 0 Å². The Balaban J connectivity index is 1.61. The minimum absolute atomic E-state index is 0.162. The fourth-order valence-corrected chi connectivity index (χ4v) is 3.23. The Morgan fingerprint density at radius 1 is 1.17 bits per heavy atom. The first-order chi connectivity index (χ1) is 11.5. The molecule has 3 atom stereocenters. The van der Waals surface area contributed by atoms with E-state index in [0.29, 0.717) is 5.92 Å². The molecule has 3 unspecified atom stereocenters. The Kier molecular flexibility index (Phi) is 5.23. The molecule has 3 rings (SSSR count). The van der Waals surface area contributed by atoms with Gasteiger partial charge in [0.15, 0.2) is 0 Å². The molecule has 4 N–H and O–H groups in total. The molecule has 0 aliphatic carbocycles. The average molecular weight is 347 g/mol. The Morgan fingerprint density at radius 3 is 2.67 bits per heavy atom. The lowest BCUT2D eigenvalue weighted by molar-refractivity contribution is 0.203. The van der Waals surface area contributed by atoms with Crippen molar-refractivity contribution in [2.45, 2.75) is 38.1 Å². The van der Waals surface area contributed by atoms with E-state index in [1.165, 1.54) is 0 Å². The number of carbonyl (C=O) groups excluding carboxylic acids is 1. The minimum Gasteiger partial charge on any atom is -0.310 e. The van der Waals surface area contributed by atoms with Crippen molar-refractivity contribution in [3.8, 4) is 0 Å². The molecule has 1 saturated heterocycles. The van der Waals surface area contributed by atoms with Crippen LogP contribution >= 0.6 is 11.6 Å². The zero-order valence-electron chi connectivity index (χ0n) is 13.8. The first-order valence-electron chi connectivity index (χ1n) is 8.24. The van der Waals surface area contributed by atoms with E-state index in [2.05, 4.69) is 35.1 Å². The molecule has 0 spiro atoms. The van der Waals surface area contributed by atoms with Crippen molar-refractivity contribution in [2.75, 3.05) is 5.32 Å². The summed E-state index contributed by atoms with van der Waals surface area (Å²) in [6.07, 6.45) is 0.470. The molecular weight excluding hydrogens is 324 g/mol. The van der Waals surface area contributed by atoms with E-state index in [9.17, 15) is 4.79 Å². The van der Waals surface area contributed by atoms with Crippen LogP contribution in [0.15, 0.2) is 42.5 Å². The zero-order chi connectivity index (χ0) is 17.1. The van der Waals surface area contributed by atoms with Gasteiger partial charge in [-0.2, -0.15) is 0 Å². The van der Waals surface area contributed by atoms with Crippen LogP contribution in [0.3, 0.4) is 0 Å². The summed E-state index contributed by atoms with van der Waals surface area (Å²) in [5.41, 5.74) is 0.592. The van der Waals surface area contributed by atoms with Crippen LogP contribution in [0.5, 0.6) is 0 Å². The smallest absolute Gasteiger partial charge is 0.310 e. The largest absolute Gasteiger partial charge is 0.321 e. The van der Waals surface area contributed by atoms with Crippen molar-refractivity contribution >= 4 is 34.1 Å². The van der Waals surface area contributed by atoms with E-state index in [4.69, 9.17) is 11.6 Å². The SMILES string of the molecule is CC(C)C1CC(Cl)NC(NC(=O)Nc2ccc3ccccc3c2)N1. The monoisotopic (exact) mass is 346 g/mol. The highest BCUT2D eigenvalue weighted by atomic mass is 35.5. The third-order valence-corrected chi connectivity index (χ3v) is 4.58. The number of nitrogens with one attached hydrogen (secondary N) is 4. The van der Waals surface area contributed by atoms with Crippen molar-refractivity contribution in [3.05, 3.63) is 42.5 Å². The van der Waals surface area contributed by atoms with Gasteiger partial charge in [0.25, 0.3) is 0 Å². The van der Waals surface area contributed by atoms with Gasteiger partial charge in [-0.3, -0.25) is 10.6 Å². The lowest BCUT2D eigenvalue weighted by Crippen LogP contribution is -2.65. The third-order valence-electron chi connectivity index (χ3n) is 4.28. The summed E-state index contributed by atoms with van der Waals surface area (Å²) in [6.45, 7) is 4.28. The molecule has 0 radical (unpaired) electrons. The van der Waals surface area contributed by atoms with Crippen molar-refractivity contribution in [3.63, 3.8) is 0 Å². The van der Waals surface area contributed by atoms with E-state index in [0.717, 1.165) is 22.9 Å². The maximum absolute atomic E-state index is 12.3. The highest BCUT2D eigenvalue weighted by molar-refractivity contribution is 6.20. The van der Waals surface area contributed by atoms with E-state index in [1.807, 2.05) is 42.5 Å². The fourth-order valence-electron chi connectivity index (χ4n) is 2.92. The Hall–Kier alpha value is -1.82. The normalized spacial score (nSPS) is 24.1. The summed E-state index contributed by atoms with van der Waals surface area (Å²) < 4.78 is 0. The van der Waals surface area contributed by atoms with Gasteiger partial charge in [0.05, 0.1) is 5.50 Å². The van der Waals surface area contributed by atoms with Crippen LogP contribution in [0.25, 0.3) is 10.8 Å². The number of alkyl halides is 1. The number of benzene rings is 2. The van der Waals surface area contributed by atoms with Crippen LogP contribution in [-0.4, -0.2) is 23.9 Å². The quantitative estimate of drug-likeness (QED) is 0.508. The van der Waals surface area contributed by atoms with Crippen molar-refractivity contribution in [2.24, 2.45) is 5.92 Å². The summed E-state index contributed by atoms with van der Waals surface area (Å²) in [5, 5.41) is 14.5. The lowest BCUT2D eigenvalue weighted by atomic mass is 9.99. The molecule has 2 amide bonds. The molecule has 5 nitrogen and oxygen atoms in total. The van der Waals surface area contributed by atoms with Gasteiger partial charge in [0.2, 0.25) is 0 Å². The summed E-state index contributed by atoms with van der Waals surface area (Å²) in [5.74, 6) is 0.446. The van der Waals surface area contributed by atoms with Gasteiger partial charge < -0.3 is 10.6 Å². The summed E-state index contributed by atoms with van der Waals surface area (Å²) in [7, 11) is 0. The second-order valence-electron chi connectivity index (χ2n) is 6.48. The molecule has 128 valence electrons. The number of carbonyl (C=O) groups is 1. The molecule has 1 aliphatic rings. The predicted octanol–water partition coefficient (Wildman–Crippen LogP) is 3.42. The first-order valence-corrected chi connectivity index (χ1v) is 8.67. The Labute approximate surface area is 147 Å². The molecule has 0 aromatic heterocycles. The van der Waals surface area contributed by atoms with Crippen LogP contribution in [0.4, 0.5) is 10.5 Å². The van der Waals surface area contributed by atoms with Crippen LogP contribution < -0.4 is 21.3 Å². The topological polar surface area (TPSA) is 65.2 Å². The standard InChI is InChI=1S/C18H23ClN4O/c1-11(2)15-10-16(19)22-17(21-15)23-18(24)20-14-8-7-12-5-3-4-6-13(12)9-14/h3-9,11,15-17,21-22H,10H2,1-2H3,(H2,20,23,24). The molecular formula is C18H23ClN4O. The summed E-state index contributed by atoms with van der Waals surface area (Å²) in [6, 6.07) is 13.9. The number of rotatable bonds is 3. The van der Waals surface area contributed by atoms with E-state index < -0.39 is 0 Å². The maximum atomic E-state index is 12.3. The number of urea groups is 1. The van der Waals surface area contributed by atoms with Crippen LogP contribution in [0.2, 0.25) is 0 Å². The van der Waals surface area contributed by atoms with E-state index in [1.54, 1.807) is 0 Å². The number of hydrogen-bond acceptors (Lipinski definition) is 3. The van der Waals surface area contributed by atoms with Gasteiger partial charge in [-0.1, -0.05) is 44.2 Å². The molecule has 2 aromatic rings. The number of fused-ring (bicyclic) bond motifs is 1. The van der Waals surface area contributed by atoms with Gasteiger partial charge in [0, 0.05) is 11.7 Å². The van der Waals surface area contributed by atoms with Crippen LogP contribution in [0, 0.1) is 5.92 Å². The predicted molar refractivity (Wildman–Crippen MR) is 99.0 cm³/mol. The molecule has 0 bridgehead atoms. The highest BCUT2D eigenvalue weighted by Gasteiger charge is 2.28. The molecule has 24 heavy (non-hydrogen) atoms. The minimum atomic E-state index is -0.353. The van der Waals surface area contributed by atoms with Gasteiger partial charge in [-0.15, -0.1) is 11.6 Å². The van der Waals surface area contributed by atoms with Crippen molar-refractivity contribution in [1.29, 1.82) is 0 Å². The first kappa shape index (κ1) is 17.0. The number of hydrogen-bond donors (Lipinski definition) is 4. The number of amides is 2. The second-order valence-corrected chi connectivity index (χ2v) is 7.01. The van der Waals surface area contributed by atoms with Crippen LogP contribution in [0.1, 0.15) is 20.3 Å². The molecule has 1 fully saturated rings. The zero-order valence-corrected chi connectivity index (χ0v) is 14.6. The maximum Gasteiger partial charge on any atom is 0.321 e. The molecule has 6 heteroatoms. The number of halogens is 1. The third kappa shape index (κ3) is 4.17. The Morgan fingerprint density at radius 2 is 1.92 bits per heavy atom. The van der Waals surface area contributed by atoms with Gasteiger partial charge >= 0.3 is 6.03 Å². The molecule has 0 saturated carbocycles. The molecule has 2 aromatic carbocycles. The van der Waals surface area contributed by atoms with E-state index >= 15 is 0 Å². The highest BCUT2D eigenvalue weighted by Crippen LogP contribution is 2.19. The average Bonchev–Trinajstić information content (AvgIpc) is 2.54. The molecule has 1 aliphatic heterocycles. The van der Waals surface area contributed by atoms with E-state index in [-0.39, 0.29) is 23.9 Å². The van der Waals surface area contributed by atoms with Crippen molar-refractivity contribution < 1.29 is 4.79 Å². The van der Waals surface area contributed by atoms with Gasteiger partial charge in [-0.25, -0.2) is 4.79 Å². The molecule has 1 heterocycles.